The van der Waals surface area contributed by atoms with Crippen LogP contribution in [0.25, 0.3) is 50.5 Å². The minimum Gasteiger partial charge on any atom is -0.285 e. The van der Waals surface area contributed by atoms with Crippen molar-refractivity contribution in [3.63, 3.8) is 0 Å². The predicted octanol–water partition coefficient (Wildman–Crippen LogP) is 9.39. The van der Waals surface area contributed by atoms with Crippen LogP contribution in [-0.2, 0) is 5.41 Å². The molecule has 1 aliphatic carbocycles. The first-order valence-corrected chi connectivity index (χ1v) is 13.8. The highest BCUT2D eigenvalue weighted by Gasteiger charge is 2.38. The Kier molecular flexibility index (Phi) is 4.86. The number of anilines is 2. The van der Waals surface area contributed by atoms with Gasteiger partial charge in [-0.1, -0.05) is 111 Å². The van der Waals surface area contributed by atoms with E-state index in [0.29, 0.717) is 5.95 Å². The summed E-state index contributed by atoms with van der Waals surface area (Å²) >= 11 is 0. The van der Waals surface area contributed by atoms with Gasteiger partial charge in [0.1, 0.15) is 0 Å². The van der Waals surface area contributed by atoms with Crippen LogP contribution in [0.3, 0.4) is 0 Å². The molecule has 6 aromatic rings. The van der Waals surface area contributed by atoms with Crippen LogP contribution in [-0.4, -0.2) is 9.97 Å². The highest BCUT2D eigenvalue weighted by atomic mass is 15.2. The summed E-state index contributed by atoms with van der Waals surface area (Å²) in [4.78, 5) is 12.4. The minimum atomic E-state index is -0.0463. The van der Waals surface area contributed by atoms with Crippen LogP contribution in [0.5, 0.6) is 0 Å². The van der Waals surface area contributed by atoms with Crippen LogP contribution in [0.2, 0.25) is 0 Å². The third kappa shape index (κ3) is 3.31. The highest BCUT2D eigenvalue weighted by Crippen LogP contribution is 2.54. The van der Waals surface area contributed by atoms with Crippen LogP contribution in [0.1, 0.15) is 30.5 Å². The zero-order chi connectivity index (χ0) is 26.8. The van der Waals surface area contributed by atoms with E-state index in [2.05, 4.69) is 134 Å². The van der Waals surface area contributed by atoms with Crippen molar-refractivity contribution in [3.8, 4) is 33.6 Å². The Labute approximate surface area is 234 Å². The van der Waals surface area contributed by atoms with Gasteiger partial charge in [-0.3, -0.25) is 4.90 Å². The van der Waals surface area contributed by atoms with Gasteiger partial charge in [-0.25, -0.2) is 9.97 Å². The van der Waals surface area contributed by atoms with E-state index in [-0.39, 0.29) is 5.41 Å². The molecule has 0 bridgehead atoms. The number of aromatic nitrogens is 2. The van der Waals surface area contributed by atoms with Crippen molar-refractivity contribution in [2.24, 2.45) is 0 Å². The Balaban J connectivity index is 1.36. The molecule has 1 aliphatic heterocycles. The van der Waals surface area contributed by atoms with E-state index in [1.807, 2.05) is 12.1 Å². The van der Waals surface area contributed by atoms with E-state index in [0.717, 1.165) is 28.2 Å². The fourth-order valence-corrected chi connectivity index (χ4v) is 6.47. The Hall–Kier alpha value is -5.02. The van der Waals surface area contributed by atoms with Crippen LogP contribution in [0, 0.1) is 0 Å². The molecule has 1 aromatic heterocycles. The molecule has 0 saturated carbocycles. The average Bonchev–Trinajstić information content (AvgIpc) is 3.24. The second-order valence-corrected chi connectivity index (χ2v) is 11.1. The maximum Gasteiger partial charge on any atom is 0.235 e. The summed E-state index contributed by atoms with van der Waals surface area (Å²) in [6, 6.07) is 40.6. The number of fused-ring (bicyclic) bond motifs is 4. The van der Waals surface area contributed by atoms with Crippen molar-refractivity contribution >= 4 is 28.5 Å². The smallest absolute Gasteiger partial charge is 0.235 e. The third-order valence-electron chi connectivity index (χ3n) is 8.44. The summed E-state index contributed by atoms with van der Waals surface area (Å²) in [5.74, 6) is 0.663. The fraction of sp³-hybridized carbons (Fsp3) is 0.0811. The van der Waals surface area contributed by atoms with Crippen molar-refractivity contribution in [3.05, 3.63) is 138 Å². The lowest BCUT2D eigenvalue weighted by atomic mass is 9.81. The van der Waals surface area contributed by atoms with Gasteiger partial charge >= 0.3 is 0 Å². The van der Waals surface area contributed by atoms with Gasteiger partial charge in [0.05, 0.1) is 17.1 Å². The lowest BCUT2D eigenvalue weighted by Gasteiger charge is -2.28. The van der Waals surface area contributed by atoms with Crippen molar-refractivity contribution in [2.75, 3.05) is 4.90 Å². The molecule has 5 aromatic carbocycles. The third-order valence-corrected chi connectivity index (χ3v) is 8.44. The monoisotopic (exact) mass is 513 g/mol. The molecule has 0 unspecified atom stereocenters. The van der Waals surface area contributed by atoms with E-state index in [1.54, 1.807) is 0 Å². The van der Waals surface area contributed by atoms with Gasteiger partial charge in [0.15, 0.2) is 0 Å². The second kappa shape index (κ2) is 8.49. The molecule has 0 amide bonds. The Morgan fingerprint density at radius 2 is 1.27 bits per heavy atom. The first-order chi connectivity index (χ1) is 19.6. The molecule has 0 atom stereocenters. The lowest BCUT2D eigenvalue weighted by Crippen LogP contribution is -2.17. The molecule has 190 valence electrons. The normalized spacial score (nSPS) is 14.3. The quantitative estimate of drug-likeness (QED) is 0.236. The number of benzene rings is 5. The zero-order valence-electron chi connectivity index (χ0n) is 22.5. The van der Waals surface area contributed by atoms with Gasteiger partial charge in [-0.05, 0) is 57.5 Å². The molecule has 40 heavy (non-hydrogen) atoms. The second-order valence-electron chi connectivity index (χ2n) is 11.1. The van der Waals surface area contributed by atoms with Gasteiger partial charge in [0.2, 0.25) is 5.95 Å². The van der Waals surface area contributed by atoms with Crippen molar-refractivity contribution < 1.29 is 0 Å². The lowest BCUT2D eigenvalue weighted by molar-refractivity contribution is 0.661. The van der Waals surface area contributed by atoms with Crippen molar-refractivity contribution in [2.45, 2.75) is 19.3 Å². The summed E-state index contributed by atoms with van der Waals surface area (Å²) in [7, 11) is 0. The summed E-state index contributed by atoms with van der Waals surface area (Å²) in [6.07, 6.45) is 4.40. The SMILES string of the molecule is CC1(C)c2ccccc2-c2c1cc1cccc3c1c2C=CN3c1nc(-c2ccccc2)cc(-c2ccccc2)n1. The van der Waals surface area contributed by atoms with E-state index >= 15 is 0 Å². The number of hydrogen-bond donors (Lipinski definition) is 0. The summed E-state index contributed by atoms with van der Waals surface area (Å²) < 4.78 is 0. The molecular formula is C37H27N3. The standard InChI is InChI=1S/C37H27N3/c1-37(2)29-18-10-9-17-27(29)35-28-20-21-40(33-19-11-16-26(34(28)33)22-30(35)37)36-38-31(24-12-5-3-6-13-24)23-32(39-36)25-14-7-4-8-15-25/h3-23H,1-2H3. The molecule has 8 rings (SSSR count). The summed E-state index contributed by atoms with van der Waals surface area (Å²) in [5.41, 5.74) is 11.7. The van der Waals surface area contributed by atoms with Gasteiger partial charge in [-0.15, -0.1) is 0 Å². The molecule has 0 radical (unpaired) electrons. The summed E-state index contributed by atoms with van der Waals surface area (Å²) in [5, 5.41) is 2.48. The van der Waals surface area contributed by atoms with Crippen LogP contribution in [0.15, 0.2) is 121 Å². The van der Waals surface area contributed by atoms with Gasteiger partial charge in [0.25, 0.3) is 0 Å². The number of nitrogens with zero attached hydrogens (tertiary/aromatic N) is 3. The molecular weight excluding hydrogens is 486 g/mol. The van der Waals surface area contributed by atoms with E-state index < -0.39 is 0 Å². The molecule has 0 fully saturated rings. The maximum atomic E-state index is 5.11. The van der Waals surface area contributed by atoms with Crippen molar-refractivity contribution in [1.29, 1.82) is 0 Å². The Morgan fingerprint density at radius 3 is 1.98 bits per heavy atom. The molecule has 2 heterocycles. The fourth-order valence-electron chi connectivity index (χ4n) is 6.47. The largest absolute Gasteiger partial charge is 0.285 e. The van der Waals surface area contributed by atoms with Gasteiger partial charge in [-0.2, -0.15) is 0 Å². The molecule has 2 aliphatic rings. The van der Waals surface area contributed by atoms with Crippen LogP contribution >= 0.6 is 0 Å². The first kappa shape index (κ1) is 22.9. The van der Waals surface area contributed by atoms with Crippen LogP contribution in [0.4, 0.5) is 11.6 Å². The molecule has 0 N–H and O–H groups in total. The van der Waals surface area contributed by atoms with E-state index in [1.165, 1.54) is 38.6 Å². The average molecular weight is 514 g/mol. The zero-order valence-corrected chi connectivity index (χ0v) is 22.5. The number of rotatable bonds is 3. The van der Waals surface area contributed by atoms with Crippen LogP contribution < -0.4 is 4.90 Å². The maximum absolute atomic E-state index is 5.11. The molecule has 3 nitrogen and oxygen atoms in total. The summed E-state index contributed by atoms with van der Waals surface area (Å²) in [6.45, 7) is 4.68. The van der Waals surface area contributed by atoms with Gasteiger partial charge in [0, 0.05) is 28.1 Å². The van der Waals surface area contributed by atoms with Gasteiger partial charge < -0.3 is 0 Å². The molecule has 0 spiro atoms. The Bertz CT molecular complexity index is 1910. The molecule has 0 saturated heterocycles. The number of hydrogen-bond acceptors (Lipinski definition) is 3. The minimum absolute atomic E-state index is 0.0463. The topological polar surface area (TPSA) is 29.0 Å². The first-order valence-electron chi connectivity index (χ1n) is 13.8. The highest BCUT2D eigenvalue weighted by molar-refractivity contribution is 6.10. The molecule has 3 heteroatoms. The van der Waals surface area contributed by atoms with E-state index in [9.17, 15) is 0 Å². The predicted molar refractivity (Wildman–Crippen MR) is 166 cm³/mol. The van der Waals surface area contributed by atoms with Crippen molar-refractivity contribution in [1.82, 2.24) is 9.97 Å². The van der Waals surface area contributed by atoms with E-state index in [4.69, 9.17) is 9.97 Å². The Morgan fingerprint density at radius 1 is 0.625 bits per heavy atom.